The van der Waals surface area contributed by atoms with Crippen LogP contribution >= 0.6 is 24.0 Å². The van der Waals surface area contributed by atoms with Crippen LogP contribution < -0.4 is 5.32 Å². The summed E-state index contributed by atoms with van der Waals surface area (Å²) in [5, 5.41) is 3.42. The van der Waals surface area contributed by atoms with Gasteiger partial charge in [0.1, 0.15) is 0 Å². The summed E-state index contributed by atoms with van der Waals surface area (Å²) in [6.45, 7) is 3.71. The molecular formula is C17H28IN3O. The summed E-state index contributed by atoms with van der Waals surface area (Å²) in [5.74, 6) is 1.76. The Balaban J connectivity index is 0.00000242. The third kappa shape index (κ3) is 6.52. The molecule has 22 heavy (non-hydrogen) atoms. The Morgan fingerprint density at radius 2 is 1.95 bits per heavy atom. The number of aliphatic imine (C=N–C) groups is 1. The number of rotatable bonds is 5. The highest BCUT2D eigenvalue weighted by Gasteiger charge is 2.15. The van der Waals surface area contributed by atoms with Crippen molar-refractivity contribution in [3.63, 3.8) is 0 Å². The van der Waals surface area contributed by atoms with Crippen molar-refractivity contribution in [1.82, 2.24) is 10.2 Å². The quantitative estimate of drug-likeness (QED) is 0.455. The molecule has 1 aliphatic rings. The summed E-state index contributed by atoms with van der Waals surface area (Å²) in [7, 11) is 3.96. The molecule has 1 aromatic carbocycles. The number of halogens is 1. The van der Waals surface area contributed by atoms with E-state index in [1.807, 2.05) is 13.1 Å². The van der Waals surface area contributed by atoms with Crippen molar-refractivity contribution in [3.05, 3.63) is 35.9 Å². The summed E-state index contributed by atoms with van der Waals surface area (Å²) in [4.78, 5) is 6.59. The predicted molar refractivity (Wildman–Crippen MR) is 103 cm³/mol. The summed E-state index contributed by atoms with van der Waals surface area (Å²) >= 11 is 0. The van der Waals surface area contributed by atoms with Gasteiger partial charge >= 0.3 is 0 Å². The van der Waals surface area contributed by atoms with Gasteiger partial charge in [0.05, 0.1) is 0 Å². The molecule has 1 saturated heterocycles. The molecule has 4 nitrogen and oxygen atoms in total. The van der Waals surface area contributed by atoms with E-state index in [1.165, 1.54) is 24.8 Å². The van der Waals surface area contributed by atoms with E-state index in [0.29, 0.717) is 0 Å². The minimum atomic E-state index is 0. The molecule has 0 amide bonds. The molecule has 1 aliphatic heterocycles. The van der Waals surface area contributed by atoms with Gasteiger partial charge < -0.3 is 15.0 Å². The molecule has 1 N–H and O–H groups in total. The maximum absolute atomic E-state index is 5.41. The molecule has 0 aliphatic carbocycles. The van der Waals surface area contributed by atoms with E-state index in [9.17, 15) is 0 Å². The van der Waals surface area contributed by atoms with Crippen LogP contribution in [0.25, 0.3) is 0 Å². The van der Waals surface area contributed by atoms with Gasteiger partial charge in [0.2, 0.25) is 0 Å². The predicted octanol–water partition coefficient (Wildman–Crippen LogP) is 3.13. The maximum atomic E-state index is 5.41. The van der Waals surface area contributed by atoms with Crippen molar-refractivity contribution in [1.29, 1.82) is 0 Å². The number of nitrogens with zero attached hydrogens (tertiary/aromatic N) is 2. The van der Waals surface area contributed by atoms with E-state index in [-0.39, 0.29) is 24.0 Å². The van der Waals surface area contributed by atoms with Gasteiger partial charge in [-0.25, -0.2) is 0 Å². The van der Waals surface area contributed by atoms with Crippen molar-refractivity contribution in [2.75, 3.05) is 33.9 Å². The lowest BCUT2D eigenvalue weighted by Gasteiger charge is -2.26. The van der Waals surface area contributed by atoms with Crippen LogP contribution in [0.3, 0.4) is 0 Å². The minimum absolute atomic E-state index is 0. The Hall–Kier alpha value is -0.820. The average Bonchev–Trinajstić information content (AvgIpc) is 2.55. The number of hydrogen-bond acceptors (Lipinski definition) is 2. The van der Waals surface area contributed by atoms with Crippen LogP contribution in [0.4, 0.5) is 0 Å². The first-order valence-corrected chi connectivity index (χ1v) is 7.83. The average molecular weight is 417 g/mol. The molecule has 1 fully saturated rings. The Morgan fingerprint density at radius 1 is 1.27 bits per heavy atom. The summed E-state index contributed by atoms with van der Waals surface area (Å²) in [6.07, 6.45) is 3.61. The summed E-state index contributed by atoms with van der Waals surface area (Å²) in [6, 6.07) is 10.4. The second-order valence-corrected chi connectivity index (χ2v) is 5.65. The van der Waals surface area contributed by atoms with E-state index in [1.54, 1.807) is 0 Å². The SMILES string of the molecule is CN=C(NCc1ccccc1)N(C)CCC1CCOCC1.I. The standard InChI is InChI=1S/C17H27N3O.HI/c1-18-17(19-14-16-6-4-3-5-7-16)20(2)11-8-15-9-12-21-13-10-15;/h3-7,15H,8-14H2,1-2H3,(H,18,19);1H. The number of benzene rings is 1. The zero-order chi connectivity index (χ0) is 14.9. The van der Waals surface area contributed by atoms with E-state index in [0.717, 1.165) is 38.2 Å². The Bertz CT molecular complexity index is 433. The topological polar surface area (TPSA) is 36.9 Å². The molecule has 0 spiro atoms. The van der Waals surface area contributed by atoms with E-state index >= 15 is 0 Å². The largest absolute Gasteiger partial charge is 0.381 e. The van der Waals surface area contributed by atoms with Crippen molar-refractivity contribution < 1.29 is 4.74 Å². The molecule has 5 heteroatoms. The Labute approximate surface area is 151 Å². The van der Waals surface area contributed by atoms with Crippen molar-refractivity contribution in [2.45, 2.75) is 25.8 Å². The highest BCUT2D eigenvalue weighted by Crippen LogP contribution is 2.18. The van der Waals surface area contributed by atoms with Gasteiger partial charge in [-0.15, -0.1) is 24.0 Å². The molecule has 124 valence electrons. The molecule has 1 aromatic rings. The van der Waals surface area contributed by atoms with E-state index in [4.69, 9.17) is 4.74 Å². The van der Waals surface area contributed by atoms with Gasteiger partial charge in [0, 0.05) is 40.4 Å². The highest BCUT2D eigenvalue weighted by molar-refractivity contribution is 14.0. The van der Waals surface area contributed by atoms with Crippen molar-refractivity contribution in [2.24, 2.45) is 10.9 Å². The molecule has 2 rings (SSSR count). The molecule has 0 bridgehead atoms. The van der Waals surface area contributed by atoms with Crippen molar-refractivity contribution in [3.8, 4) is 0 Å². The van der Waals surface area contributed by atoms with Gasteiger partial charge in [-0.05, 0) is 30.7 Å². The highest BCUT2D eigenvalue weighted by atomic mass is 127. The fourth-order valence-corrected chi connectivity index (χ4v) is 2.68. The molecule has 0 unspecified atom stereocenters. The summed E-state index contributed by atoms with van der Waals surface area (Å²) < 4.78 is 5.41. The smallest absolute Gasteiger partial charge is 0.193 e. The molecule has 0 aromatic heterocycles. The first-order chi connectivity index (χ1) is 10.3. The second-order valence-electron chi connectivity index (χ2n) is 5.65. The second kappa shape index (κ2) is 10.8. The number of nitrogens with one attached hydrogen (secondary N) is 1. The van der Waals surface area contributed by atoms with Crippen LogP contribution in [0.5, 0.6) is 0 Å². The number of ether oxygens (including phenoxy) is 1. The Kier molecular flexibility index (Phi) is 9.47. The Morgan fingerprint density at radius 3 is 2.59 bits per heavy atom. The first kappa shape index (κ1) is 19.2. The zero-order valence-electron chi connectivity index (χ0n) is 13.6. The van der Waals surface area contributed by atoms with Gasteiger partial charge in [-0.1, -0.05) is 30.3 Å². The molecule has 0 atom stereocenters. The van der Waals surface area contributed by atoms with Crippen LogP contribution in [-0.4, -0.2) is 44.7 Å². The molecule has 0 radical (unpaired) electrons. The molecule has 0 saturated carbocycles. The maximum Gasteiger partial charge on any atom is 0.193 e. The number of guanidine groups is 1. The lowest BCUT2D eigenvalue weighted by molar-refractivity contribution is 0.0625. The fraction of sp³-hybridized carbons (Fsp3) is 0.588. The zero-order valence-corrected chi connectivity index (χ0v) is 16.0. The minimum Gasteiger partial charge on any atom is -0.381 e. The van der Waals surface area contributed by atoms with Gasteiger partial charge in [-0.2, -0.15) is 0 Å². The monoisotopic (exact) mass is 417 g/mol. The lowest BCUT2D eigenvalue weighted by atomic mass is 9.96. The van der Waals surface area contributed by atoms with Gasteiger partial charge in [-0.3, -0.25) is 4.99 Å². The molecular weight excluding hydrogens is 389 g/mol. The number of hydrogen-bond donors (Lipinski definition) is 1. The van der Waals surface area contributed by atoms with Crippen LogP contribution in [-0.2, 0) is 11.3 Å². The van der Waals surface area contributed by atoms with E-state index < -0.39 is 0 Å². The fourth-order valence-electron chi connectivity index (χ4n) is 2.68. The van der Waals surface area contributed by atoms with Crippen LogP contribution in [0.15, 0.2) is 35.3 Å². The third-order valence-corrected chi connectivity index (χ3v) is 4.08. The van der Waals surface area contributed by atoms with Gasteiger partial charge in [0.15, 0.2) is 5.96 Å². The third-order valence-electron chi connectivity index (χ3n) is 4.08. The summed E-state index contributed by atoms with van der Waals surface area (Å²) in [5.41, 5.74) is 1.27. The first-order valence-electron chi connectivity index (χ1n) is 7.83. The normalized spacial score (nSPS) is 16.0. The lowest BCUT2D eigenvalue weighted by Crippen LogP contribution is -2.39. The van der Waals surface area contributed by atoms with Gasteiger partial charge in [0.25, 0.3) is 0 Å². The van der Waals surface area contributed by atoms with E-state index in [2.05, 4.69) is 46.5 Å². The molecule has 1 heterocycles. The van der Waals surface area contributed by atoms with Crippen LogP contribution in [0.1, 0.15) is 24.8 Å². The van der Waals surface area contributed by atoms with Crippen LogP contribution in [0.2, 0.25) is 0 Å². The van der Waals surface area contributed by atoms with Crippen LogP contribution in [0, 0.1) is 5.92 Å². The van der Waals surface area contributed by atoms with Crippen molar-refractivity contribution >= 4 is 29.9 Å².